The summed E-state index contributed by atoms with van der Waals surface area (Å²) in [6, 6.07) is -1.69. The number of nitrogens with one attached hydrogen (secondary N) is 1. The zero-order chi connectivity index (χ0) is 15.1. The summed E-state index contributed by atoms with van der Waals surface area (Å²) in [7, 11) is 1.53. The van der Waals surface area contributed by atoms with Crippen LogP contribution in [0.15, 0.2) is 10.9 Å². The first-order valence-corrected chi connectivity index (χ1v) is 6.74. The fraction of sp³-hybridized carbons (Fsp3) is 0.455. The number of amides is 3. The van der Waals surface area contributed by atoms with Gasteiger partial charge in [-0.1, -0.05) is 0 Å². The van der Waals surface area contributed by atoms with Crippen LogP contribution in [0.5, 0.6) is 0 Å². The number of nitrogens with two attached hydrogens (primary N) is 1. The van der Waals surface area contributed by atoms with E-state index >= 15 is 0 Å². The normalized spacial score (nSPS) is 11.7. The van der Waals surface area contributed by atoms with Crippen molar-refractivity contribution in [1.82, 2.24) is 15.2 Å². The van der Waals surface area contributed by atoms with Crippen LogP contribution >= 0.6 is 11.3 Å². The van der Waals surface area contributed by atoms with Crippen LogP contribution in [0.2, 0.25) is 0 Å². The summed E-state index contributed by atoms with van der Waals surface area (Å²) in [4.78, 5) is 38.8. The molecule has 1 aromatic rings. The molecule has 0 saturated carbocycles. The highest BCUT2D eigenvalue weighted by Crippen LogP contribution is 2.05. The molecule has 4 N–H and O–H groups in total. The maximum Gasteiger partial charge on any atom is 0.326 e. The van der Waals surface area contributed by atoms with Gasteiger partial charge in [-0.2, -0.15) is 0 Å². The Morgan fingerprint density at radius 3 is 2.75 bits per heavy atom. The Hall–Kier alpha value is -2.16. The average molecular weight is 300 g/mol. The summed E-state index contributed by atoms with van der Waals surface area (Å²) < 4.78 is 0. The number of hydrogen-bond donors (Lipinski definition) is 3. The molecule has 110 valence electrons. The van der Waals surface area contributed by atoms with Gasteiger partial charge in [0.1, 0.15) is 6.04 Å². The second-order valence-electron chi connectivity index (χ2n) is 4.18. The van der Waals surface area contributed by atoms with Crippen molar-refractivity contribution in [2.75, 3.05) is 7.05 Å². The molecule has 0 spiro atoms. The predicted octanol–water partition coefficient (Wildman–Crippen LogP) is 0.00320. The van der Waals surface area contributed by atoms with Gasteiger partial charge in [0.2, 0.25) is 5.91 Å². The molecule has 20 heavy (non-hydrogen) atoms. The van der Waals surface area contributed by atoms with Gasteiger partial charge < -0.3 is 21.1 Å². The number of rotatable bonds is 7. The Morgan fingerprint density at radius 1 is 1.55 bits per heavy atom. The third-order valence-electron chi connectivity index (χ3n) is 2.50. The van der Waals surface area contributed by atoms with Crippen molar-refractivity contribution in [3.05, 3.63) is 16.6 Å². The second-order valence-corrected chi connectivity index (χ2v) is 4.90. The average Bonchev–Trinajstić information content (AvgIpc) is 2.86. The van der Waals surface area contributed by atoms with Gasteiger partial charge >= 0.3 is 12.0 Å². The van der Waals surface area contributed by atoms with Crippen LogP contribution in [0, 0.1) is 0 Å². The van der Waals surface area contributed by atoms with Gasteiger partial charge in [0.15, 0.2) is 0 Å². The van der Waals surface area contributed by atoms with E-state index in [1.807, 2.05) is 0 Å². The van der Waals surface area contributed by atoms with Gasteiger partial charge in [-0.25, -0.2) is 14.6 Å². The van der Waals surface area contributed by atoms with Crippen LogP contribution in [0.25, 0.3) is 0 Å². The highest BCUT2D eigenvalue weighted by Gasteiger charge is 2.22. The minimum atomic E-state index is -1.21. The number of hydrogen-bond acceptors (Lipinski definition) is 5. The molecule has 0 fully saturated rings. The number of aliphatic carboxylic acids is 1. The van der Waals surface area contributed by atoms with Gasteiger partial charge in [-0.3, -0.25) is 4.79 Å². The number of carbonyl (C=O) groups excluding carboxylic acids is 2. The van der Waals surface area contributed by atoms with Crippen LogP contribution in [0.3, 0.4) is 0 Å². The third kappa shape index (κ3) is 5.22. The van der Waals surface area contributed by atoms with Gasteiger partial charge in [-0.05, 0) is 6.42 Å². The number of carbonyl (C=O) groups is 3. The van der Waals surface area contributed by atoms with Gasteiger partial charge in [-0.15, -0.1) is 11.3 Å². The fourth-order valence-electron chi connectivity index (χ4n) is 1.43. The molecule has 1 rings (SSSR count). The topological polar surface area (TPSA) is 126 Å². The standard InChI is InChI=1S/C11H16N4O4S/c1-15(4-7-5-20-6-13-7)11(19)14-8(10(17)18)2-3-9(12)16/h5-6,8H,2-4H2,1H3,(H2,12,16)(H,14,19)(H,17,18). The van der Waals surface area contributed by atoms with E-state index in [9.17, 15) is 14.4 Å². The highest BCUT2D eigenvalue weighted by atomic mass is 32.1. The van der Waals surface area contributed by atoms with Crippen molar-refractivity contribution in [2.24, 2.45) is 5.73 Å². The molecule has 0 saturated heterocycles. The lowest BCUT2D eigenvalue weighted by molar-refractivity contribution is -0.139. The minimum Gasteiger partial charge on any atom is -0.480 e. The molecule has 3 amide bonds. The summed E-state index contributed by atoms with van der Waals surface area (Å²) in [5, 5.41) is 13.1. The molecule has 0 aliphatic carbocycles. The maximum atomic E-state index is 11.8. The first-order valence-electron chi connectivity index (χ1n) is 5.80. The van der Waals surface area contributed by atoms with Crippen LogP contribution in [0.1, 0.15) is 18.5 Å². The lowest BCUT2D eigenvalue weighted by Crippen LogP contribution is -2.46. The molecule has 0 bridgehead atoms. The summed E-state index contributed by atoms with van der Waals surface area (Å²) >= 11 is 1.41. The van der Waals surface area contributed by atoms with E-state index in [2.05, 4.69) is 10.3 Å². The molecule has 0 aliphatic heterocycles. The largest absolute Gasteiger partial charge is 0.480 e. The van der Waals surface area contributed by atoms with Crippen molar-refractivity contribution >= 4 is 29.2 Å². The third-order valence-corrected chi connectivity index (χ3v) is 3.14. The molecule has 0 radical (unpaired) electrons. The maximum absolute atomic E-state index is 11.8. The monoisotopic (exact) mass is 300 g/mol. The molecular formula is C11H16N4O4S. The quantitative estimate of drug-likeness (QED) is 0.653. The van der Waals surface area contributed by atoms with E-state index < -0.39 is 23.9 Å². The lowest BCUT2D eigenvalue weighted by atomic mass is 10.1. The van der Waals surface area contributed by atoms with E-state index in [1.165, 1.54) is 23.3 Å². The molecule has 1 unspecified atom stereocenters. The van der Waals surface area contributed by atoms with E-state index in [-0.39, 0.29) is 19.4 Å². The van der Waals surface area contributed by atoms with Gasteiger partial charge in [0.05, 0.1) is 17.7 Å². The summed E-state index contributed by atoms with van der Waals surface area (Å²) in [5.41, 5.74) is 7.33. The minimum absolute atomic E-state index is 0.0407. The lowest BCUT2D eigenvalue weighted by Gasteiger charge is -2.20. The summed E-state index contributed by atoms with van der Waals surface area (Å²) in [6.07, 6.45) is -0.145. The van der Waals surface area contributed by atoms with E-state index in [4.69, 9.17) is 10.8 Å². The highest BCUT2D eigenvalue weighted by molar-refractivity contribution is 7.07. The zero-order valence-electron chi connectivity index (χ0n) is 10.9. The Balaban J connectivity index is 2.52. The summed E-state index contributed by atoms with van der Waals surface area (Å²) in [6.45, 7) is 0.275. The first-order chi connectivity index (χ1) is 9.40. The number of thiazole rings is 1. The molecule has 0 aromatic carbocycles. The Kier molecular flexibility index (Phi) is 5.91. The fourth-order valence-corrected chi connectivity index (χ4v) is 1.98. The van der Waals surface area contributed by atoms with E-state index in [1.54, 1.807) is 10.9 Å². The Morgan fingerprint density at radius 2 is 2.25 bits per heavy atom. The van der Waals surface area contributed by atoms with Crippen LogP contribution in [-0.2, 0) is 16.1 Å². The number of carboxylic acid groups (broad SMARTS) is 1. The number of aromatic nitrogens is 1. The van der Waals surface area contributed by atoms with E-state index in [0.717, 1.165) is 5.69 Å². The smallest absolute Gasteiger partial charge is 0.326 e. The van der Waals surface area contributed by atoms with Crippen molar-refractivity contribution in [1.29, 1.82) is 0 Å². The molecule has 1 atom stereocenters. The SMILES string of the molecule is CN(Cc1cscn1)C(=O)NC(CCC(N)=O)C(=O)O. The van der Waals surface area contributed by atoms with Gasteiger partial charge in [0.25, 0.3) is 0 Å². The van der Waals surface area contributed by atoms with E-state index in [0.29, 0.717) is 0 Å². The van der Waals surface area contributed by atoms with Crippen molar-refractivity contribution in [3.63, 3.8) is 0 Å². The zero-order valence-corrected chi connectivity index (χ0v) is 11.7. The van der Waals surface area contributed by atoms with Crippen LogP contribution in [0.4, 0.5) is 4.79 Å². The number of carboxylic acids is 1. The van der Waals surface area contributed by atoms with Crippen molar-refractivity contribution < 1.29 is 19.5 Å². The first kappa shape index (κ1) is 15.9. The molecule has 8 nitrogen and oxygen atoms in total. The van der Waals surface area contributed by atoms with Crippen LogP contribution in [-0.4, -0.2) is 46.0 Å². The Bertz CT molecular complexity index is 477. The number of primary amides is 1. The number of nitrogens with zero attached hydrogens (tertiary/aromatic N) is 2. The summed E-state index contributed by atoms with van der Waals surface area (Å²) in [5.74, 6) is -1.82. The van der Waals surface area contributed by atoms with Crippen LogP contribution < -0.4 is 11.1 Å². The molecule has 9 heteroatoms. The Labute approximate surface area is 119 Å². The number of urea groups is 1. The predicted molar refractivity (Wildman–Crippen MR) is 72.0 cm³/mol. The molecule has 0 aliphatic rings. The molecular weight excluding hydrogens is 284 g/mol. The van der Waals surface area contributed by atoms with Crippen molar-refractivity contribution in [2.45, 2.75) is 25.4 Å². The van der Waals surface area contributed by atoms with Crippen molar-refractivity contribution in [3.8, 4) is 0 Å². The molecule has 1 heterocycles. The molecule has 1 aromatic heterocycles. The second kappa shape index (κ2) is 7.43. The van der Waals surface area contributed by atoms with Gasteiger partial charge in [0, 0.05) is 18.8 Å².